The van der Waals surface area contributed by atoms with Crippen LogP contribution < -0.4 is 0 Å². The molecule has 0 spiro atoms. The molecule has 3 nitrogen and oxygen atoms in total. The molecule has 0 aromatic heterocycles. The lowest BCUT2D eigenvalue weighted by molar-refractivity contribution is -0.117. The van der Waals surface area contributed by atoms with Crippen molar-refractivity contribution in [2.75, 3.05) is 0 Å². The average Bonchev–Trinajstić information content (AvgIpc) is 2.08. The van der Waals surface area contributed by atoms with Crippen molar-refractivity contribution in [1.82, 2.24) is 0 Å². The number of nitrogens with one attached hydrogen (secondary N) is 1. The third kappa shape index (κ3) is 2.87. The summed E-state index contributed by atoms with van der Waals surface area (Å²) in [5.41, 5.74) is 8.30. The van der Waals surface area contributed by atoms with Gasteiger partial charge in [0.1, 0.15) is 11.5 Å². The first-order valence-electron chi connectivity index (χ1n) is 4.09. The van der Waals surface area contributed by atoms with Crippen LogP contribution in [0.3, 0.4) is 0 Å². The van der Waals surface area contributed by atoms with Crippen LogP contribution in [0.1, 0.15) is 12.5 Å². The Labute approximate surface area is 77.2 Å². The Morgan fingerprint density at radius 1 is 1.46 bits per heavy atom. The second-order valence-corrected chi connectivity index (χ2v) is 3.03. The Bertz CT molecular complexity index is 292. The van der Waals surface area contributed by atoms with Gasteiger partial charge in [0.25, 0.3) is 0 Å². The van der Waals surface area contributed by atoms with Crippen LogP contribution in [0.25, 0.3) is 5.73 Å². The Kier molecular flexibility index (Phi) is 3.03. The molecule has 1 atom stereocenters. The van der Waals surface area contributed by atoms with E-state index in [0.29, 0.717) is 6.42 Å². The van der Waals surface area contributed by atoms with E-state index in [4.69, 9.17) is 10.8 Å². The van der Waals surface area contributed by atoms with E-state index in [9.17, 15) is 4.79 Å². The second kappa shape index (κ2) is 4.05. The van der Waals surface area contributed by atoms with E-state index in [1.165, 1.54) is 6.92 Å². The van der Waals surface area contributed by atoms with Crippen molar-refractivity contribution in [1.29, 1.82) is 0 Å². The molecule has 0 amide bonds. The molecule has 3 heteroatoms. The van der Waals surface area contributed by atoms with Crippen LogP contribution in [0, 0.1) is 0 Å². The molecule has 0 saturated carbocycles. The van der Waals surface area contributed by atoms with Crippen molar-refractivity contribution in [3.8, 4) is 5.75 Å². The van der Waals surface area contributed by atoms with Gasteiger partial charge in [-0.05, 0) is 31.0 Å². The van der Waals surface area contributed by atoms with Crippen molar-refractivity contribution in [2.45, 2.75) is 19.4 Å². The van der Waals surface area contributed by atoms with E-state index in [1.54, 1.807) is 24.3 Å². The number of hydrogen-bond donors (Lipinski definition) is 1. The summed E-state index contributed by atoms with van der Waals surface area (Å²) in [6, 6.07) is 5.87. The molecule has 0 bridgehead atoms. The predicted octanol–water partition coefficient (Wildman–Crippen LogP) is 1.94. The molecular weight excluding hydrogens is 166 g/mol. The fourth-order valence-electron chi connectivity index (χ4n) is 1.01. The van der Waals surface area contributed by atoms with Crippen LogP contribution in [0.4, 0.5) is 0 Å². The number of carbonyl (C=O) groups excluding carboxylic acids is 1. The number of aromatic hydroxyl groups is 1. The van der Waals surface area contributed by atoms with Crippen molar-refractivity contribution >= 4 is 5.78 Å². The third-order valence-electron chi connectivity index (χ3n) is 1.87. The van der Waals surface area contributed by atoms with Gasteiger partial charge in [-0.3, -0.25) is 0 Å². The maximum atomic E-state index is 10.8. The molecule has 1 unspecified atom stereocenters. The lowest BCUT2D eigenvalue weighted by atomic mass is 10.0. The molecule has 1 rings (SSSR count). The molecule has 13 heavy (non-hydrogen) atoms. The molecule has 0 radical (unpaired) electrons. The van der Waals surface area contributed by atoms with Gasteiger partial charge in [0.2, 0.25) is 0 Å². The van der Waals surface area contributed by atoms with Gasteiger partial charge in [0.15, 0.2) is 0 Å². The van der Waals surface area contributed by atoms with Crippen molar-refractivity contribution in [3.63, 3.8) is 0 Å². The van der Waals surface area contributed by atoms with Crippen LogP contribution in [-0.4, -0.2) is 16.9 Å². The number of hydrogen-bond acceptors (Lipinski definition) is 2. The van der Waals surface area contributed by atoms with Crippen LogP contribution in [0.5, 0.6) is 5.75 Å². The number of ketones is 1. The maximum Gasteiger partial charge on any atom is 0.115 e. The van der Waals surface area contributed by atoms with Gasteiger partial charge in [-0.1, -0.05) is 18.2 Å². The normalized spacial score (nSPS) is 12.5. The van der Waals surface area contributed by atoms with Crippen molar-refractivity contribution in [3.05, 3.63) is 35.6 Å². The van der Waals surface area contributed by atoms with E-state index in [-0.39, 0.29) is 11.5 Å². The first kappa shape index (κ1) is 9.74. The van der Waals surface area contributed by atoms with Gasteiger partial charge in [-0.25, -0.2) is 0 Å². The van der Waals surface area contributed by atoms with E-state index in [2.05, 4.69) is 0 Å². The molecule has 0 heterocycles. The zero-order valence-electron chi connectivity index (χ0n) is 7.45. The smallest absolute Gasteiger partial charge is 0.115 e. The SMILES string of the molecule is CC(=O)C([NH-])Cc1ccc(O)cc1. The molecule has 0 fully saturated rings. The summed E-state index contributed by atoms with van der Waals surface area (Å²) in [6.45, 7) is 1.41. The fourth-order valence-corrected chi connectivity index (χ4v) is 1.01. The fraction of sp³-hybridized carbons (Fsp3) is 0.300. The quantitative estimate of drug-likeness (QED) is 0.768. The highest BCUT2D eigenvalue weighted by Gasteiger charge is 2.01. The summed E-state index contributed by atoms with van der Waals surface area (Å²) >= 11 is 0. The number of rotatable bonds is 3. The number of Topliss-reactive ketones (excluding diaryl/α,β-unsaturated/α-hetero) is 1. The van der Waals surface area contributed by atoms with Crippen LogP contribution in [0.2, 0.25) is 0 Å². The third-order valence-corrected chi connectivity index (χ3v) is 1.87. The van der Waals surface area contributed by atoms with Gasteiger partial charge < -0.3 is 15.6 Å². The molecule has 1 aromatic rings. The highest BCUT2D eigenvalue weighted by Crippen LogP contribution is 2.12. The van der Waals surface area contributed by atoms with Crippen molar-refractivity contribution in [2.24, 2.45) is 0 Å². The van der Waals surface area contributed by atoms with Gasteiger partial charge in [0.05, 0.1) is 0 Å². The van der Waals surface area contributed by atoms with E-state index in [0.717, 1.165) is 5.56 Å². The number of carbonyl (C=O) groups is 1. The molecule has 0 aliphatic rings. The summed E-state index contributed by atoms with van der Waals surface area (Å²) in [5, 5.41) is 8.99. The maximum absolute atomic E-state index is 10.8. The highest BCUT2D eigenvalue weighted by molar-refractivity contribution is 5.83. The summed E-state index contributed by atoms with van der Waals surface area (Å²) < 4.78 is 0. The van der Waals surface area contributed by atoms with E-state index in [1.807, 2.05) is 0 Å². The van der Waals surface area contributed by atoms with E-state index >= 15 is 0 Å². The Hall–Kier alpha value is -1.35. The molecule has 0 aliphatic carbocycles. The van der Waals surface area contributed by atoms with Crippen LogP contribution in [-0.2, 0) is 11.2 Å². The predicted molar refractivity (Wildman–Crippen MR) is 50.6 cm³/mol. The van der Waals surface area contributed by atoms with Crippen molar-refractivity contribution < 1.29 is 9.90 Å². The summed E-state index contributed by atoms with van der Waals surface area (Å²) in [4.78, 5) is 10.8. The first-order chi connectivity index (χ1) is 6.09. The zero-order chi connectivity index (χ0) is 9.84. The summed E-state index contributed by atoms with van der Waals surface area (Å²) in [7, 11) is 0. The van der Waals surface area contributed by atoms with Gasteiger partial charge >= 0.3 is 0 Å². The van der Waals surface area contributed by atoms with E-state index < -0.39 is 6.04 Å². The van der Waals surface area contributed by atoms with Gasteiger partial charge in [0, 0.05) is 0 Å². The minimum atomic E-state index is -0.690. The number of phenols is 1. The Morgan fingerprint density at radius 3 is 2.46 bits per heavy atom. The van der Waals surface area contributed by atoms with Crippen LogP contribution in [0.15, 0.2) is 24.3 Å². The standard InChI is InChI=1S/C10H12NO2/c1-7(12)10(11)6-8-2-4-9(13)5-3-8/h2-5,10-11,13H,6H2,1H3/q-1. The molecule has 0 aliphatic heterocycles. The summed E-state index contributed by atoms with van der Waals surface area (Å²) in [6.07, 6.45) is 0.412. The molecule has 0 saturated heterocycles. The number of benzene rings is 1. The second-order valence-electron chi connectivity index (χ2n) is 3.03. The first-order valence-corrected chi connectivity index (χ1v) is 4.09. The highest BCUT2D eigenvalue weighted by atomic mass is 16.3. The topological polar surface area (TPSA) is 61.1 Å². The van der Waals surface area contributed by atoms with Gasteiger partial charge in [-0.2, -0.15) is 0 Å². The molecule has 2 N–H and O–H groups in total. The minimum absolute atomic E-state index is 0.131. The largest absolute Gasteiger partial charge is 0.668 e. The Morgan fingerprint density at radius 2 is 2.00 bits per heavy atom. The Balaban J connectivity index is 2.64. The lowest BCUT2D eigenvalue weighted by Crippen LogP contribution is -2.15. The number of phenolic OH excluding ortho intramolecular Hbond substituents is 1. The summed E-state index contributed by atoms with van der Waals surface area (Å²) in [5.74, 6) is 0.0705. The molecular formula is C10H12NO2-. The molecule has 70 valence electrons. The average molecular weight is 178 g/mol. The van der Waals surface area contributed by atoms with Crippen LogP contribution >= 0.6 is 0 Å². The van der Waals surface area contributed by atoms with Gasteiger partial charge in [-0.15, -0.1) is 0 Å². The zero-order valence-corrected chi connectivity index (χ0v) is 7.45. The molecule has 1 aromatic carbocycles. The minimum Gasteiger partial charge on any atom is -0.668 e. The lowest BCUT2D eigenvalue weighted by Gasteiger charge is -2.15. The monoisotopic (exact) mass is 178 g/mol.